The van der Waals surface area contributed by atoms with Gasteiger partial charge in [-0.3, -0.25) is 14.5 Å². The maximum Gasteiger partial charge on any atom is 0.222 e. The molecule has 3 heterocycles. The molecule has 0 spiro atoms. The second-order valence-corrected chi connectivity index (χ2v) is 7.20. The molecule has 0 N–H and O–H groups in total. The number of piperazine rings is 1. The van der Waals surface area contributed by atoms with Crippen LogP contribution in [0.2, 0.25) is 0 Å². The van der Waals surface area contributed by atoms with Gasteiger partial charge in [0.05, 0.1) is 0 Å². The molecule has 0 aliphatic carbocycles. The van der Waals surface area contributed by atoms with Gasteiger partial charge in [-0.05, 0) is 32.1 Å². The molecule has 3 aliphatic heterocycles. The van der Waals surface area contributed by atoms with Gasteiger partial charge < -0.3 is 14.5 Å². The van der Waals surface area contributed by atoms with Crippen molar-refractivity contribution in [3.05, 3.63) is 0 Å². The van der Waals surface area contributed by atoms with Crippen molar-refractivity contribution >= 4 is 11.8 Å². The number of carbonyl (C=O) groups is 2. The number of hydrogen-bond donors (Lipinski definition) is 0. The zero-order valence-corrected chi connectivity index (χ0v) is 14.8. The first kappa shape index (κ1) is 17.7. The molecule has 0 aromatic carbocycles. The Balaban J connectivity index is 1.33. The van der Waals surface area contributed by atoms with Crippen LogP contribution in [0.15, 0.2) is 0 Å². The molecule has 3 saturated heterocycles. The van der Waals surface area contributed by atoms with E-state index in [1.807, 2.05) is 9.80 Å². The highest BCUT2D eigenvalue weighted by molar-refractivity contribution is 5.77. The summed E-state index contributed by atoms with van der Waals surface area (Å²) in [5, 5.41) is 0. The second-order valence-electron chi connectivity index (χ2n) is 7.20. The van der Waals surface area contributed by atoms with Crippen LogP contribution in [-0.4, -0.2) is 85.0 Å². The van der Waals surface area contributed by atoms with E-state index in [1.165, 1.54) is 0 Å². The van der Waals surface area contributed by atoms with Crippen molar-refractivity contribution in [3.63, 3.8) is 0 Å². The molecule has 3 rings (SSSR count). The predicted octanol–water partition coefficient (Wildman–Crippen LogP) is 1.10. The number of hydrogen-bond acceptors (Lipinski definition) is 4. The van der Waals surface area contributed by atoms with Crippen LogP contribution in [0.1, 0.15) is 44.9 Å². The maximum atomic E-state index is 12.4. The van der Waals surface area contributed by atoms with Gasteiger partial charge in [-0.15, -0.1) is 0 Å². The fraction of sp³-hybridized carbons (Fsp3) is 0.889. The molecule has 0 radical (unpaired) electrons. The van der Waals surface area contributed by atoms with Crippen LogP contribution in [0.3, 0.4) is 0 Å². The highest BCUT2D eigenvalue weighted by Crippen LogP contribution is 2.17. The van der Waals surface area contributed by atoms with E-state index in [9.17, 15) is 9.59 Å². The van der Waals surface area contributed by atoms with Gasteiger partial charge in [0.15, 0.2) is 0 Å². The lowest BCUT2D eigenvalue weighted by Gasteiger charge is -2.40. The number of amides is 2. The minimum absolute atomic E-state index is 0.256. The summed E-state index contributed by atoms with van der Waals surface area (Å²) in [6, 6.07) is 0.640. The molecular weight excluding hydrogens is 306 g/mol. The van der Waals surface area contributed by atoms with E-state index in [4.69, 9.17) is 4.74 Å². The third kappa shape index (κ3) is 4.70. The minimum atomic E-state index is 0.256. The number of ether oxygens (including phenoxy) is 1. The third-order valence-electron chi connectivity index (χ3n) is 5.61. The molecule has 3 aliphatic rings. The topological polar surface area (TPSA) is 53.1 Å². The summed E-state index contributed by atoms with van der Waals surface area (Å²) in [6.07, 6.45) is 6.42. The third-order valence-corrected chi connectivity index (χ3v) is 5.61. The lowest BCUT2D eigenvalue weighted by molar-refractivity contribution is -0.136. The first-order chi connectivity index (χ1) is 11.7. The van der Waals surface area contributed by atoms with Gasteiger partial charge in [0.1, 0.15) is 0 Å². The Morgan fingerprint density at radius 2 is 1.79 bits per heavy atom. The number of likely N-dealkylation sites (tertiary alicyclic amines) is 1. The Kier molecular flexibility index (Phi) is 6.49. The first-order valence-electron chi connectivity index (χ1n) is 9.61. The number of carbonyl (C=O) groups excluding carboxylic acids is 2. The fourth-order valence-electron chi connectivity index (χ4n) is 4.06. The lowest BCUT2D eigenvalue weighted by Crippen LogP contribution is -2.53. The normalized spacial score (nSPS) is 24.4. The quantitative estimate of drug-likeness (QED) is 0.754. The molecule has 6 nitrogen and oxygen atoms in total. The van der Waals surface area contributed by atoms with Crippen LogP contribution in [-0.2, 0) is 14.3 Å². The summed E-state index contributed by atoms with van der Waals surface area (Å²) < 4.78 is 5.43. The standard InChI is InChI=1S/C18H31N3O3/c22-17-4-1-2-8-20(17)9-3-5-18(23)21-12-10-19(11-13-21)16-6-14-24-15-7-16/h16H,1-15H2. The van der Waals surface area contributed by atoms with E-state index in [-0.39, 0.29) is 11.8 Å². The van der Waals surface area contributed by atoms with Crippen LogP contribution in [0.5, 0.6) is 0 Å². The van der Waals surface area contributed by atoms with Crippen LogP contribution in [0.25, 0.3) is 0 Å². The van der Waals surface area contributed by atoms with E-state index in [0.717, 1.165) is 84.6 Å². The van der Waals surface area contributed by atoms with E-state index in [0.29, 0.717) is 18.9 Å². The Bertz CT molecular complexity index is 429. The van der Waals surface area contributed by atoms with E-state index < -0.39 is 0 Å². The molecule has 0 aromatic rings. The largest absolute Gasteiger partial charge is 0.381 e. The molecule has 3 fully saturated rings. The zero-order chi connectivity index (χ0) is 16.8. The van der Waals surface area contributed by atoms with Crippen molar-refractivity contribution in [2.45, 2.75) is 51.0 Å². The van der Waals surface area contributed by atoms with Gasteiger partial charge in [0, 0.05) is 71.4 Å². The van der Waals surface area contributed by atoms with Crippen LogP contribution >= 0.6 is 0 Å². The smallest absolute Gasteiger partial charge is 0.222 e. The van der Waals surface area contributed by atoms with Crippen molar-refractivity contribution in [2.24, 2.45) is 0 Å². The monoisotopic (exact) mass is 337 g/mol. The lowest BCUT2D eigenvalue weighted by atomic mass is 10.1. The number of piperidine rings is 1. The van der Waals surface area contributed by atoms with Gasteiger partial charge in [-0.2, -0.15) is 0 Å². The van der Waals surface area contributed by atoms with Crippen molar-refractivity contribution in [1.29, 1.82) is 0 Å². The summed E-state index contributed by atoms with van der Waals surface area (Å²) in [5.41, 5.74) is 0. The summed E-state index contributed by atoms with van der Waals surface area (Å²) in [7, 11) is 0. The average molecular weight is 337 g/mol. The van der Waals surface area contributed by atoms with Crippen LogP contribution in [0.4, 0.5) is 0 Å². The summed E-state index contributed by atoms with van der Waals surface area (Å²) in [4.78, 5) is 30.6. The van der Waals surface area contributed by atoms with E-state index >= 15 is 0 Å². The van der Waals surface area contributed by atoms with Crippen molar-refractivity contribution in [1.82, 2.24) is 14.7 Å². The SMILES string of the molecule is O=C1CCCCN1CCCC(=O)N1CCN(C2CCOCC2)CC1. The molecule has 0 bridgehead atoms. The maximum absolute atomic E-state index is 12.4. The molecule has 0 aromatic heterocycles. The Labute approximate surface area is 145 Å². The summed E-state index contributed by atoms with van der Waals surface area (Å²) >= 11 is 0. The van der Waals surface area contributed by atoms with Gasteiger partial charge in [0.25, 0.3) is 0 Å². The Morgan fingerprint density at radius 3 is 2.50 bits per heavy atom. The van der Waals surface area contributed by atoms with Gasteiger partial charge in [-0.25, -0.2) is 0 Å². The molecule has 0 atom stereocenters. The van der Waals surface area contributed by atoms with E-state index in [2.05, 4.69) is 4.90 Å². The van der Waals surface area contributed by atoms with Crippen LogP contribution in [0, 0.1) is 0 Å². The number of rotatable bonds is 5. The Hall–Kier alpha value is -1.14. The predicted molar refractivity (Wildman–Crippen MR) is 91.7 cm³/mol. The molecule has 24 heavy (non-hydrogen) atoms. The molecule has 136 valence electrons. The van der Waals surface area contributed by atoms with Crippen LogP contribution < -0.4 is 0 Å². The summed E-state index contributed by atoms with van der Waals surface area (Å²) in [5.74, 6) is 0.518. The molecular formula is C18H31N3O3. The van der Waals surface area contributed by atoms with Crippen molar-refractivity contribution in [2.75, 3.05) is 52.5 Å². The average Bonchev–Trinajstić information content (AvgIpc) is 2.64. The minimum Gasteiger partial charge on any atom is -0.381 e. The zero-order valence-electron chi connectivity index (χ0n) is 14.8. The molecule has 0 saturated carbocycles. The van der Waals surface area contributed by atoms with Gasteiger partial charge in [-0.1, -0.05) is 0 Å². The molecule has 2 amide bonds. The highest BCUT2D eigenvalue weighted by atomic mass is 16.5. The highest BCUT2D eigenvalue weighted by Gasteiger charge is 2.27. The van der Waals surface area contributed by atoms with Crippen molar-refractivity contribution < 1.29 is 14.3 Å². The number of nitrogens with zero attached hydrogens (tertiary/aromatic N) is 3. The van der Waals surface area contributed by atoms with Crippen molar-refractivity contribution in [3.8, 4) is 0 Å². The van der Waals surface area contributed by atoms with Gasteiger partial charge in [0.2, 0.25) is 11.8 Å². The summed E-state index contributed by atoms with van der Waals surface area (Å²) in [6.45, 7) is 7.03. The first-order valence-corrected chi connectivity index (χ1v) is 9.61. The molecule has 0 unspecified atom stereocenters. The van der Waals surface area contributed by atoms with Gasteiger partial charge >= 0.3 is 0 Å². The fourth-order valence-corrected chi connectivity index (χ4v) is 4.06. The Morgan fingerprint density at radius 1 is 1.04 bits per heavy atom. The molecule has 6 heteroatoms. The van der Waals surface area contributed by atoms with E-state index in [1.54, 1.807) is 0 Å². The second kappa shape index (κ2) is 8.81.